The van der Waals surface area contributed by atoms with E-state index in [1.54, 1.807) is 0 Å². The minimum Gasteiger partial charge on any atom is -0.378 e. The lowest BCUT2D eigenvalue weighted by atomic mass is 10.3. The predicted molar refractivity (Wildman–Crippen MR) is 64.2 cm³/mol. The maximum Gasteiger partial charge on any atom is 0.137 e. The Morgan fingerprint density at radius 1 is 1.31 bits per heavy atom. The zero-order valence-corrected chi connectivity index (χ0v) is 10.4. The quantitative estimate of drug-likeness (QED) is 0.741. The fourth-order valence-corrected chi connectivity index (χ4v) is 1.94. The summed E-state index contributed by atoms with van der Waals surface area (Å²) in [5.41, 5.74) is 0.959. The van der Waals surface area contributed by atoms with Crippen molar-refractivity contribution < 1.29 is 4.74 Å². The number of aryl methyl sites for hydroxylation is 1. The third-order valence-electron chi connectivity index (χ3n) is 2.73. The summed E-state index contributed by atoms with van der Waals surface area (Å²) < 4.78 is 5.33. The molecule has 1 aromatic rings. The van der Waals surface area contributed by atoms with E-state index in [0.29, 0.717) is 5.15 Å². The van der Waals surface area contributed by atoms with Crippen LogP contribution in [-0.4, -0.2) is 36.3 Å². The number of aromatic nitrogens is 2. The van der Waals surface area contributed by atoms with Gasteiger partial charge in [-0.1, -0.05) is 18.5 Å². The van der Waals surface area contributed by atoms with Crippen LogP contribution < -0.4 is 4.90 Å². The van der Waals surface area contributed by atoms with Gasteiger partial charge in [0.2, 0.25) is 0 Å². The summed E-state index contributed by atoms with van der Waals surface area (Å²) in [5.74, 6) is 1.76. The Morgan fingerprint density at radius 2 is 2.00 bits per heavy atom. The molecular formula is C11H16ClN3O. The lowest BCUT2D eigenvalue weighted by Crippen LogP contribution is -2.37. The predicted octanol–water partition coefficient (Wildman–Crippen LogP) is 1.84. The Labute approximate surface area is 101 Å². The molecule has 5 heteroatoms. The van der Waals surface area contributed by atoms with Gasteiger partial charge in [-0.25, -0.2) is 9.97 Å². The van der Waals surface area contributed by atoms with E-state index in [2.05, 4.69) is 14.9 Å². The number of halogens is 1. The van der Waals surface area contributed by atoms with Gasteiger partial charge >= 0.3 is 0 Å². The highest BCUT2D eigenvalue weighted by Crippen LogP contribution is 2.24. The van der Waals surface area contributed by atoms with Crippen LogP contribution in [0.4, 0.5) is 5.82 Å². The topological polar surface area (TPSA) is 38.2 Å². The lowest BCUT2D eigenvalue weighted by molar-refractivity contribution is 0.122. The zero-order chi connectivity index (χ0) is 11.5. The molecule has 1 saturated heterocycles. The number of rotatable bonds is 2. The Bertz CT molecular complexity index is 378. The van der Waals surface area contributed by atoms with Crippen LogP contribution >= 0.6 is 11.6 Å². The lowest BCUT2D eigenvalue weighted by Gasteiger charge is -2.29. The van der Waals surface area contributed by atoms with Gasteiger partial charge in [0, 0.05) is 25.1 Å². The van der Waals surface area contributed by atoms with Crippen LogP contribution in [0.3, 0.4) is 0 Å². The highest BCUT2D eigenvalue weighted by molar-refractivity contribution is 6.30. The Morgan fingerprint density at radius 3 is 2.62 bits per heavy atom. The molecule has 0 N–H and O–H groups in total. The van der Waals surface area contributed by atoms with Gasteiger partial charge in [-0.2, -0.15) is 0 Å². The number of ether oxygens (including phenoxy) is 1. The van der Waals surface area contributed by atoms with E-state index in [1.807, 2.05) is 13.8 Å². The fraction of sp³-hybridized carbons (Fsp3) is 0.636. The molecule has 2 heterocycles. The molecule has 0 atom stereocenters. The van der Waals surface area contributed by atoms with Crippen molar-refractivity contribution in [3.63, 3.8) is 0 Å². The highest BCUT2D eigenvalue weighted by atomic mass is 35.5. The van der Waals surface area contributed by atoms with Crippen molar-refractivity contribution in [3.05, 3.63) is 16.5 Å². The van der Waals surface area contributed by atoms with E-state index < -0.39 is 0 Å². The number of morpholine rings is 1. The second-order valence-corrected chi connectivity index (χ2v) is 4.19. The molecule has 16 heavy (non-hydrogen) atoms. The van der Waals surface area contributed by atoms with E-state index in [0.717, 1.165) is 49.9 Å². The van der Waals surface area contributed by atoms with Crippen LogP contribution in [0, 0.1) is 6.92 Å². The van der Waals surface area contributed by atoms with Crippen LogP contribution in [-0.2, 0) is 11.2 Å². The molecule has 0 spiro atoms. The normalized spacial score (nSPS) is 16.6. The summed E-state index contributed by atoms with van der Waals surface area (Å²) >= 11 is 6.11. The molecule has 4 nitrogen and oxygen atoms in total. The fourth-order valence-electron chi connectivity index (χ4n) is 1.76. The summed E-state index contributed by atoms with van der Waals surface area (Å²) in [6.07, 6.45) is 0.803. The largest absolute Gasteiger partial charge is 0.378 e. The van der Waals surface area contributed by atoms with Crippen LogP contribution in [0.5, 0.6) is 0 Å². The van der Waals surface area contributed by atoms with Gasteiger partial charge in [-0.15, -0.1) is 0 Å². The summed E-state index contributed by atoms with van der Waals surface area (Å²) in [6, 6.07) is 0. The third kappa shape index (κ3) is 2.28. The first-order chi connectivity index (χ1) is 7.72. The zero-order valence-electron chi connectivity index (χ0n) is 9.66. The van der Waals surface area contributed by atoms with E-state index in [9.17, 15) is 0 Å². The molecule has 0 amide bonds. The molecule has 0 unspecified atom stereocenters. The molecule has 88 valence electrons. The molecule has 2 rings (SSSR count). The molecule has 0 aliphatic carbocycles. The molecule has 1 aliphatic rings. The van der Waals surface area contributed by atoms with Crippen molar-refractivity contribution in [2.45, 2.75) is 20.3 Å². The van der Waals surface area contributed by atoms with Gasteiger partial charge in [0.05, 0.1) is 13.2 Å². The Balaban J connectivity index is 2.33. The number of hydrogen-bond acceptors (Lipinski definition) is 4. The highest BCUT2D eigenvalue weighted by Gasteiger charge is 2.17. The average molecular weight is 242 g/mol. The Kier molecular flexibility index (Phi) is 3.61. The van der Waals surface area contributed by atoms with Crippen LogP contribution in [0.25, 0.3) is 0 Å². The van der Waals surface area contributed by atoms with Gasteiger partial charge < -0.3 is 9.64 Å². The smallest absolute Gasteiger partial charge is 0.137 e. The molecule has 0 aromatic carbocycles. The van der Waals surface area contributed by atoms with Crippen molar-refractivity contribution in [1.82, 2.24) is 9.97 Å². The van der Waals surface area contributed by atoms with Gasteiger partial charge in [0.25, 0.3) is 0 Å². The van der Waals surface area contributed by atoms with Gasteiger partial charge in [-0.3, -0.25) is 0 Å². The van der Waals surface area contributed by atoms with E-state index in [1.165, 1.54) is 0 Å². The SMILES string of the molecule is CCc1nc(Cl)c(C)c(N2CCOCC2)n1. The van der Waals surface area contributed by atoms with Crippen molar-refractivity contribution in [3.8, 4) is 0 Å². The van der Waals surface area contributed by atoms with Crippen molar-refractivity contribution in [2.24, 2.45) is 0 Å². The molecule has 0 bridgehead atoms. The van der Waals surface area contributed by atoms with Crippen molar-refractivity contribution >= 4 is 17.4 Å². The van der Waals surface area contributed by atoms with E-state index in [4.69, 9.17) is 16.3 Å². The third-order valence-corrected chi connectivity index (χ3v) is 3.10. The maximum atomic E-state index is 6.11. The molecule has 0 saturated carbocycles. The number of anilines is 1. The number of hydrogen-bond donors (Lipinski definition) is 0. The standard InChI is InChI=1S/C11H16ClN3O/c1-3-9-13-10(12)8(2)11(14-9)15-4-6-16-7-5-15/h3-7H2,1-2H3. The first-order valence-electron chi connectivity index (χ1n) is 5.58. The molecule has 1 aliphatic heterocycles. The molecule has 0 radical (unpaired) electrons. The second-order valence-electron chi connectivity index (χ2n) is 3.83. The van der Waals surface area contributed by atoms with Crippen molar-refractivity contribution in [2.75, 3.05) is 31.2 Å². The molecule has 1 aromatic heterocycles. The minimum absolute atomic E-state index is 0.563. The van der Waals surface area contributed by atoms with Gasteiger partial charge in [0.1, 0.15) is 16.8 Å². The summed E-state index contributed by atoms with van der Waals surface area (Å²) in [5, 5.41) is 0.563. The first kappa shape index (κ1) is 11.6. The summed E-state index contributed by atoms with van der Waals surface area (Å²) in [4.78, 5) is 11.0. The van der Waals surface area contributed by atoms with E-state index in [-0.39, 0.29) is 0 Å². The maximum absolute atomic E-state index is 6.11. The molecule has 1 fully saturated rings. The van der Waals surface area contributed by atoms with Gasteiger partial charge in [0.15, 0.2) is 0 Å². The average Bonchev–Trinajstić information content (AvgIpc) is 2.33. The minimum atomic E-state index is 0.563. The Hall–Kier alpha value is -0.870. The summed E-state index contributed by atoms with van der Waals surface area (Å²) in [6.45, 7) is 7.25. The summed E-state index contributed by atoms with van der Waals surface area (Å²) in [7, 11) is 0. The van der Waals surface area contributed by atoms with Crippen LogP contribution in [0.2, 0.25) is 5.15 Å². The first-order valence-corrected chi connectivity index (χ1v) is 5.96. The second kappa shape index (κ2) is 4.97. The van der Waals surface area contributed by atoms with Crippen LogP contribution in [0.15, 0.2) is 0 Å². The monoisotopic (exact) mass is 241 g/mol. The van der Waals surface area contributed by atoms with Gasteiger partial charge in [-0.05, 0) is 6.92 Å². The number of nitrogens with zero attached hydrogens (tertiary/aromatic N) is 3. The van der Waals surface area contributed by atoms with Crippen molar-refractivity contribution in [1.29, 1.82) is 0 Å². The van der Waals surface area contributed by atoms with E-state index >= 15 is 0 Å². The molecular weight excluding hydrogens is 226 g/mol. The van der Waals surface area contributed by atoms with Crippen LogP contribution in [0.1, 0.15) is 18.3 Å².